The summed E-state index contributed by atoms with van der Waals surface area (Å²) in [5.41, 5.74) is 7.40. The fraction of sp³-hybridized carbons (Fsp3) is 0.143. The van der Waals surface area contributed by atoms with Crippen molar-refractivity contribution in [2.24, 2.45) is 10.7 Å². The third kappa shape index (κ3) is 1.86. The van der Waals surface area contributed by atoms with Crippen LogP contribution in [0.2, 0.25) is 0 Å². The van der Waals surface area contributed by atoms with E-state index in [9.17, 15) is 0 Å². The third-order valence-corrected chi connectivity index (χ3v) is 4.84. The number of amidine groups is 2. The highest BCUT2D eigenvalue weighted by atomic mass is 79.9. The maximum atomic E-state index is 7.96. The summed E-state index contributed by atoms with van der Waals surface area (Å²) in [5.74, 6) is 1.34. The van der Waals surface area contributed by atoms with E-state index in [1.807, 2.05) is 25.1 Å². The van der Waals surface area contributed by atoms with Gasteiger partial charge in [-0.2, -0.15) is 0 Å². The molecule has 0 spiro atoms. The fourth-order valence-electron chi connectivity index (χ4n) is 2.34. The molecule has 1 aliphatic heterocycles. The smallest absolute Gasteiger partial charge is 0.156 e. The first kappa shape index (κ1) is 13.6. The Morgan fingerprint density at radius 2 is 1.90 bits per heavy atom. The van der Waals surface area contributed by atoms with Crippen molar-refractivity contribution < 1.29 is 4.74 Å². The SMILES string of the molecule is CCOc1ccc2c(Br)c3c(c(Br)c2c1)C(=N)N=C3N. The molecule has 3 N–H and O–H groups in total. The molecule has 1 heterocycles. The van der Waals surface area contributed by atoms with Crippen LogP contribution in [0.25, 0.3) is 10.8 Å². The van der Waals surface area contributed by atoms with Crippen LogP contribution in [-0.2, 0) is 0 Å². The molecule has 6 heteroatoms. The van der Waals surface area contributed by atoms with Gasteiger partial charge in [0.2, 0.25) is 0 Å². The Bertz CT molecular complexity index is 784. The zero-order valence-electron chi connectivity index (χ0n) is 10.6. The molecule has 0 atom stereocenters. The summed E-state index contributed by atoms with van der Waals surface area (Å²) in [6, 6.07) is 5.85. The molecule has 2 aromatic carbocycles. The molecule has 0 unspecified atom stereocenters. The molecule has 0 saturated heterocycles. The Balaban J connectivity index is 2.38. The van der Waals surface area contributed by atoms with Gasteiger partial charge in [0, 0.05) is 25.5 Å². The highest BCUT2D eigenvalue weighted by Gasteiger charge is 2.27. The Morgan fingerprint density at radius 3 is 2.60 bits per heavy atom. The lowest BCUT2D eigenvalue weighted by molar-refractivity contribution is 0.340. The number of rotatable bonds is 2. The maximum Gasteiger partial charge on any atom is 0.156 e. The van der Waals surface area contributed by atoms with Gasteiger partial charge in [-0.1, -0.05) is 0 Å². The van der Waals surface area contributed by atoms with Gasteiger partial charge in [0.05, 0.1) is 6.61 Å². The number of nitrogens with zero attached hydrogens (tertiary/aromatic N) is 1. The third-order valence-electron chi connectivity index (χ3n) is 3.19. The highest BCUT2D eigenvalue weighted by Crippen LogP contribution is 2.41. The van der Waals surface area contributed by atoms with Crippen LogP contribution in [0.4, 0.5) is 0 Å². The van der Waals surface area contributed by atoms with Crippen LogP contribution in [0.3, 0.4) is 0 Å². The number of benzene rings is 2. The van der Waals surface area contributed by atoms with E-state index in [0.29, 0.717) is 12.4 Å². The first-order valence-electron chi connectivity index (χ1n) is 6.05. The van der Waals surface area contributed by atoms with E-state index >= 15 is 0 Å². The minimum atomic E-state index is 0.175. The zero-order chi connectivity index (χ0) is 14.4. The number of hydrogen-bond acceptors (Lipinski definition) is 3. The predicted molar refractivity (Wildman–Crippen MR) is 88.1 cm³/mol. The number of halogens is 2. The van der Waals surface area contributed by atoms with Gasteiger partial charge in [0.25, 0.3) is 0 Å². The predicted octanol–water partition coefficient (Wildman–Crippen LogP) is 3.81. The lowest BCUT2D eigenvalue weighted by Gasteiger charge is -2.12. The second-order valence-electron chi connectivity index (χ2n) is 4.36. The molecule has 1 aliphatic rings. The summed E-state index contributed by atoms with van der Waals surface area (Å²) in [6.45, 7) is 2.56. The molecule has 0 aliphatic carbocycles. The van der Waals surface area contributed by atoms with Gasteiger partial charge in [-0.15, -0.1) is 0 Å². The summed E-state index contributed by atoms with van der Waals surface area (Å²) in [7, 11) is 0. The monoisotopic (exact) mass is 395 g/mol. The molecular formula is C14H11Br2N3O. The topological polar surface area (TPSA) is 71.5 Å². The number of fused-ring (bicyclic) bond motifs is 2. The molecule has 20 heavy (non-hydrogen) atoms. The molecule has 102 valence electrons. The van der Waals surface area contributed by atoms with Crippen molar-refractivity contribution in [3.63, 3.8) is 0 Å². The van der Waals surface area contributed by atoms with E-state index in [4.69, 9.17) is 15.9 Å². The second-order valence-corrected chi connectivity index (χ2v) is 5.95. The van der Waals surface area contributed by atoms with E-state index in [-0.39, 0.29) is 5.84 Å². The summed E-state index contributed by atoms with van der Waals surface area (Å²) in [6.07, 6.45) is 0. The second kappa shape index (κ2) is 4.86. The standard InChI is InChI=1S/C14H11Br2N3O/c1-2-20-6-3-4-7-8(5-6)12(16)10-9(11(7)15)13(17)19-14(10)18/h3-5H,2H2,1H3,(H3,17,18,19). The summed E-state index contributed by atoms with van der Waals surface area (Å²) >= 11 is 7.15. The first-order valence-corrected chi connectivity index (χ1v) is 7.64. The van der Waals surface area contributed by atoms with Crippen molar-refractivity contribution in [3.8, 4) is 5.75 Å². The van der Waals surface area contributed by atoms with Crippen molar-refractivity contribution in [3.05, 3.63) is 38.3 Å². The molecule has 0 bridgehead atoms. The van der Waals surface area contributed by atoms with Crippen molar-refractivity contribution in [2.75, 3.05) is 6.61 Å². The molecule has 0 fully saturated rings. The summed E-state index contributed by atoms with van der Waals surface area (Å²) in [4.78, 5) is 4.05. The van der Waals surface area contributed by atoms with Gasteiger partial charge >= 0.3 is 0 Å². The quantitative estimate of drug-likeness (QED) is 0.810. The van der Waals surface area contributed by atoms with E-state index < -0.39 is 0 Å². The molecule has 3 rings (SSSR count). The Kier molecular flexibility index (Phi) is 3.30. The molecule has 0 aromatic heterocycles. The van der Waals surface area contributed by atoms with Crippen LogP contribution in [0.5, 0.6) is 5.75 Å². The van der Waals surface area contributed by atoms with E-state index in [2.05, 4.69) is 36.9 Å². The van der Waals surface area contributed by atoms with Crippen LogP contribution in [0.15, 0.2) is 32.1 Å². The van der Waals surface area contributed by atoms with Gasteiger partial charge in [0.1, 0.15) is 11.6 Å². The Morgan fingerprint density at radius 1 is 1.20 bits per heavy atom. The fourth-order valence-corrected chi connectivity index (χ4v) is 3.80. The average Bonchev–Trinajstić information content (AvgIpc) is 2.72. The van der Waals surface area contributed by atoms with Gasteiger partial charge in [-0.3, -0.25) is 5.41 Å². The van der Waals surface area contributed by atoms with Crippen LogP contribution in [0, 0.1) is 5.41 Å². The van der Waals surface area contributed by atoms with Crippen molar-refractivity contribution >= 4 is 54.3 Å². The lowest BCUT2D eigenvalue weighted by atomic mass is 10.0. The minimum Gasteiger partial charge on any atom is -0.494 e. The molecule has 0 saturated carbocycles. The van der Waals surface area contributed by atoms with Gasteiger partial charge in [-0.25, -0.2) is 4.99 Å². The summed E-state index contributed by atoms with van der Waals surface area (Å²) < 4.78 is 7.21. The minimum absolute atomic E-state index is 0.175. The zero-order valence-corrected chi connectivity index (χ0v) is 13.8. The van der Waals surface area contributed by atoms with Crippen molar-refractivity contribution in [1.29, 1.82) is 5.41 Å². The Labute approximate surface area is 132 Å². The van der Waals surface area contributed by atoms with Crippen LogP contribution < -0.4 is 10.5 Å². The van der Waals surface area contributed by atoms with Gasteiger partial charge in [-0.05, 0) is 62.4 Å². The van der Waals surface area contributed by atoms with Crippen LogP contribution in [0.1, 0.15) is 18.1 Å². The van der Waals surface area contributed by atoms with Crippen molar-refractivity contribution in [1.82, 2.24) is 0 Å². The number of hydrogen-bond donors (Lipinski definition) is 2. The lowest BCUT2D eigenvalue weighted by Crippen LogP contribution is -2.11. The van der Waals surface area contributed by atoms with Crippen LogP contribution >= 0.6 is 31.9 Å². The van der Waals surface area contributed by atoms with E-state index in [0.717, 1.165) is 36.6 Å². The maximum absolute atomic E-state index is 7.96. The number of nitrogens with one attached hydrogen (secondary N) is 1. The molecular weight excluding hydrogens is 386 g/mol. The summed E-state index contributed by atoms with van der Waals surface area (Å²) in [5, 5.41) is 9.93. The molecule has 0 radical (unpaired) electrons. The Hall–Kier alpha value is -1.40. The van der Waals surface area contributed by atoms with Crippen molar-refractivity contribution in [2.45, 2.75) is 6.92 Å². The molecule has 2 aromatic rings. The van der Waals surface area contributed by atoms with Crippen LogP contribution in [-0.4, -0.2) is 18.3 Å². The number of aliphatic imine (C=N–C) groups is 1. The first-order chi connectivity index (χ1) is 9.54. The van der Waals surface area contributed by atoms with Gasteiger partial charge < -0.3 is 10.5 Å². The largest absolute Gasteiger partial charge is 0.494 e. The molecule has 4 nitrogen and oxygen atoms in total. The highest BCUT2D eigenvalue weighted by molar-refractivity contribution is 9.11. The van der Waals surface area contributed by atoms with Gasteiger partial charge in [0.15, 0.2) is 5.84 Å². The normalized spacial score (nSPS) is 13.6. The van der Waals surface area contributed by atoms with E-state index in [1.54, 1.807) is 0 Å². The number of ether oxygens (including phenoxy) is 1. The average molecular weight is 397 g/mol. The van der Waals surface area contributed by atoms with E-state index in [1.165, 1.54) is 0 Å². The molecule has 0 amide bonds. The number of nitrogens with two attached hydrogens (primary N) is 1.